The number of alkyl halides is 3. The lowest BCUT2D eigenvalue weighted by molar-refractivity contribution is -0.141. The summed E-state index contributed by atoms with van der Waals surface area (Å²) in [5.74, 6) is -0.756. The van der Waals surface area contributed by atoms with E-state index in [-0.39, 0.29) is 48.0 Å². The third-order valence-electron chi connectivity index (χ3n) is 7.91. The minimum atomic E-state index is -4.74. The Labute approximate surface area is 267 Å². The third kappa shape index (κ3) is 6.28. The molecule has 11 nitrogen and oxygen atoms in total. The van der Waals surface area contributed by atoms with Crippen LogP contribution in [0, 0.1) is 0 Å². The Hall–Kier alpha value is -5.24. The minimum absolute atomic E-state index is 0.00410. The highest BCUT2D eigenvalue weighted by molar-refractivity contribution is 6.15. The molecule has 47 heavy (non-hydrogen) atoms. The number of methoxy groups -OCH3 is 1. The van der Waals surface area contributed by atoms with Gasteiger partial charge in [0.2, 0.25) is 0 Å². The van der Waals surface area contributed by atoms with E-state index in [0.717, 1.165) is 10.2 Å². The average molecular weight is 648 g/mol. The Bertz CT molecular complexity index is 1950. The van der Waals surface area contributed by atoms with Crippen LogP contribution in [0.15, 0.2) is 61.4 Å². The molecule has 0 radical (unpaired) electrons. The van der Waals surface area contributed by atoms with Crippen molar-refractivity contribution in [3.63, 3.8) is 0 Å². The highest BCUT2D eigenvalue weighted by atomic mass is 19.4. The number of carbonyl (C=O) groups is 2. The van der Waals surface area contributed by atoms with Gasteiger partial charge in [-0.3, -0.25) is 19.3 Å². The quantitative estimate of drug-likeness (QED) is 0.227. The summed E-state index contributed by atoms with van der Waals surface area (Å²) in [4.78, 5) is 37.8. The number of ether oxygens (including phenoxy) is 2. The van der Waals surface area contributed by atoms with Gasteiger partial charge in [-0.15, -0.1) is 0 Å². The van der Waals surface area contributed by atoms with Gasteiger partial charge in [-0.05, 0) is 47.9 Å². The molecule has 0 bridgehead atoms. The highest BCUT2D eigenvalue weighted by Crippen LogP contribution is 2.43. The topological polar surface area (TPSA) is 116 Å². The molecule has 0 spiro atoms. The first-order chi connectivity index (χ1) is 22.6. The summed E-state index contributed by atoms with van der Waals surface area (Å²) < 4.78 is 56.5. The van der Waals surface area contributed by atoms with E-state index in [0.29, 0.717) is 47.3 Å². The number of nitrogens with one attached hydrogen (secondary N) is 1. The fraction of sp³-hybridized carbons (Fsp3) is 0.303. The van der Waals surface area contributed by atoms with E-state index in [1.807, 2.05) is 13.0 Å². The molecule has 2 amide bonds. The summed E-state index contributed by atoms with van der Waals surface area (Å²) in [6.07, 6.45) is 3.58. The molecular weight excluding hydrogens is 615 g/mol. The van der Waals surface area contributed by atoms with Crippen molar-refractivity contribution in [1.29, 1.82) is 0 Å². The largest absolute Gasteiger partial charge is 0.490 e. The second-order valence-electron chi connectivity index (χ2n) is 11.1. The van der Waals surface area contributed by atoms with Gasteiger partial charge in [-0.2, -0.15) is 18.3 Å². The van der Waals surface area contributed by atoms with Crippen LogP contribution in [0.2, 0.25) is 0 Å². The molecule has 3 aromatic heterocycles. The van der Waals surface area contributed by atoms with Gasteiger partial charge in [0.05, 0.1) is 41.8 Å². The van der Waals surface area contributed by atoms with Crippen LogP contribution in [-0.4, -0.2) is 69.5 Å². The lowest BCUT2D eigenvalue weighted by atomic mass is 9.97. The summed E-state index contributed by atoms with van der Waals surface area (Å²) in [6.45, 7) is 2.94. The Kier molecular flexibility index (Phi) is 8.69. The maximum atomic E-state index is 14.5. The number of amides is 2. The Morgan fingerprint density at radius 1 is 1.11 bits per heavy atom. The van der Waals surface area contributed by atoms with Crippen molar-refractivity contribution in [2.24, 2.45) is 7.05 Å². The summed E-state index contributed by atoms with van der Waals surface area (Å²) >= 11 is 0. The monoisotopic (exact) mass is 647 g/mol. The zero-order valence-corrected chi connectivity index (χ0v) is 26.0. The number of pyridine rings is 1. The number of carbonyl (C=O) groups excluding carboxylic acids is 2. The summed E-state index contributed by atoms with van der Waals surface area (Å²) in [5.41, 5.74) is 1.62. The van der Waals surface area contributed by atoms with Crippen LogP contribution in [0.3, 0.4) is 0 Å². The molecule has 0 fully saturated rings. The number of anilines is 1. The predicted molar refractivity (Wildman–Crippen MR) is 167 cm³/mol. The summed E-state index contributed by atoms with van der Waals surface area (Å²) in [6, 6.07) is 8.60. The Morgan fingerprint density at radius 2 is 1.91 bits per heavy atom. The van der Waals surface area contributed by atoms with Crippen molar-refractivity contribution in [1.82, 2.24) is 29.6 Å². The Morgan fingerprint density at radius 3 is 2.64 bits per heavy atom. The number of halogens is 3. The number of aromatic nitrogens is 5. The van der Waals surface area contributed by atoms with Crippen LogP contribution in [0.4, 0.5) is 18.9 Å². The number of nitrogens with zero attached hydrogens (tertiary/aromatic N) is 6. The standard InChI is InChI=1S/C33H32F3N7O4/c1-4-20-13-23-27(5-6-38-28(23)24(14-20)31(44)39-8-11-46-3)43-10-12-47-29-22(26-18-41(2)40-30(26)33(34,35)36)15-21(16-25(29)32(43)45)17-42-9-7-37-19-42/h5-7,9,13-16,18-19H,4,8,10-12,17H2,1-3H3,(H,39,44). The molecule has 14 heteroatoms. The molecule has 0 unspecified atom stereocenters. The normalized spacial score (nSPS) is 13.4. The van der Waals surface area contributed by atoms with Gasteiger partial charge in [-0.25, -0.2) is 4.98 Å². The van der Waals surface area contributed by atoms with Crippen molar-refractivity contribution in [3.05, 3.63) is 89.4 Å². The molecule has 5 aromatic rings. The first-order valence-electron chi connectivity index (χ1n) is 15.0. The van der Waals surface area contributed by atoms with Gasteiger partial charge in [0, 0.05) is 68.5 Å². The van der Waals surface area contributed by atoms with Crippen LogP contribution in [0.5, 0.6) is 5.75 Å². The maximum Gasteiger partial charge on any atom is 0.435 e. The molecule has 1 aliphatic rings. The lowest BCUT2D eigenvalue weighted by Crippen LogP contribution is -2.32. The highest BCUT2D eigenvalue weighted by Gasteiger charge is 2.39. The molecule has 0 saturated heterocycles. The molecule has 2 aromatic carbocycles. The molecule has 0 aliphatic carbocycles. The van der Waals surface area contributed by atoms with Crippen molar-refractivity contribution < 1.29 is 32.2 Å². The van der Waals surface area contributed by atoms with E-state index in [4.69, 9.17) is 9.47 Å². The smallest absolute Gasteiger partial charge is 0.435 e. The number of rotatable bonds is 9. The molecule has 244 valence electrons. The lowest BCUT2D eigenvalue weighted by Gasteiger charge is -2.23. The third-order valence-corrected chi connectivity index (χ3v) is 7.91. The number of aryl methyl sites for hydroxylation is 2. The second kappa shape index (κ2) is 12.9. The first-order valence-corrected chi connectivity index (χ1v) is 15.0. The molecule has 0 saturated carbocycles. The maximum absolute atomic E-state index is 14.5. The molecule has 1 N–H and O–H groups in total. The van der Waals surface area contributed by atoms with Gasteiger partial charge in [0.25, 0.3) is 11.8 Å². The number of fused-ring (bicyclic) bond motifs is 2. The Balaban J connectivity index is 1.50. The number of hydrogen-bond acceptors (Lipinski definition) is 7. The fourth-order valence-corrected chi connectivity index (χ4v) is 5.77. The fourth-order valence-electron chi connectivity index (χ4n) is 5.77. The second-order valence-corrected chi connectivity index (χ2v) is 11.1. The van der Waals surface area contributed by atoms with Crippen LogP contribution in [0.1, 0.15) is 44.5 Å². The van der Waals surface area contributed by atoms with Gasteiger partial charge in [-0.1, -0.05) is 6.92 Å². The zero-order chi connectivity index (χ0) is 33.3. The minimum Gasteiger partial charge on any atom is -0.490 e. The number of hydrogen-bond donors (Lipinski definition) is 1. The van der Waals surface area contributed by atoms with Crippen molar-refractivity contribution in [2.45, 2.75) is 26.1 Å². The van der Waals surface area contributed by atoms with Crippen molar-refractivity contribution >= 4 is 28.4 Å². The summed E-state index contributed by atoms with van der Waals surface area (Å²) in [7, 11) is 2.95. The zero-order valence-electron chi connectivity index (χ0n) is 26.0. The van der Waals surface area contributed by atoms with Gasteiger partial charge >= 0.3 is 6.18 Å². The van der Waals surface area contributed by atoms with Gasteiger partial charge in [0.15, 0.2) is 5.69 Å². The first kappa shape index (κ1) is 31.7. The SMILES string of the molecule is CCc1cc(C(=O)NCCOC)c2nccc(N3CCOc4c(cc(Cn5ccnc5)cc4-c4cn(C)nc4C(F)(F)F)C3=O)c2c1. The molecular formula is C33H32F3N7O4. The van der Waals surface area contributed by atoms with E-state index < -0.39 is 17.8 Å². The van der Waals surface area contributed by atoms with Gasteiger partial charge < -0.3 is 24.3 Å². The molecule has 6 rings (SSSR count). The molecule has 0 atom stereocenters. The van der Waals surface area contributed by atoms with Gasteiger partial charge in [0.1, 0.15) is 12.4 Å². The van der Waals surface area contributed by atoms with E-state index in [9.17, 15) is 22.8 Å². The van der Waals surface area contributed by atoms with Crippen molar-refractivity contribution in [2.75, 3.05) is 38.3 Å². The average Bonchev–Trinajstić information content (AvgIpc) is 3.68. The van der Waals surface area contributed by atoms with E-state index in [1.165, 1.54) is 24.3 Å². The van der Waals surface area contributed by atoms with Crippen molar-refractivity contribution in [3.8, 4) is 16.9 Å². The van der Waals surface area contributed by atoms with E-state index >= 15 is 0 Å². The van der Waals surface area contributed by atoms with Crippen LogP contribution < -0.4 is 15.0 Å². The van der Waals surface area contributed by atoms with E-state index in [1.54, 1.807) is 54.7 Å². The van der Waals surface area contributed by atoms with Crippen LogP contribution in [-0.2, 0) is 30.9 Å². The van der Waals surface area contributed by atoms with Crippen LogP contribution >= 0.6 is 0 Å². The molecule has 4 heterocycles. The summed E-state index contributed by atoms with van der Waals surface area (Å²) in [5, 5.41) is 7.12. The number of benzene rings is 2. The predicted octanol–water partition coefficient (Wildman–Crippen LogP) is 4.88. The number of imidazole rings is 1. The van der Waals surface area contributed by atoms with Crippen LogP contribution in [0.25, 0.3) is 22.0 Å². The molecule has 1 aliphatic heterocycles. The van der Waals surface area contributed by atoms with E-state index in [2.05, 4.69) is 20.4 Å².